The third-order valence-corrected chi connectivity index (χ3v) is 1.13. The molecule has 52 valence electrons. The Morgan fingerprint density at radius 1 is 1.56 bits per heavy atom. The van der Waals surface area contributed by atoms with Crippen LogP contribution < -0.4 is 5.32 Å². The summed E-state index contributed by atoms with van der Waals surface area (Å²) in [5.74, 6) is 0.515. The third-order valence-electron chi connectivity index (χ3n) is 1.13. The first-order valence-corrected chi connectivity index (χ1v) is 3.25. The number of hydrogen-bond donors (Lipinski definition) is 1. The minimum Gasteiger partial charge on any atom is -0.366 e. The minimum absolute atomic E-state index is 0.515. The van der Waals surface area contributed by atoms with E-state index in [1.165, 1.54) is 0 Å². The van der Waals surface area contributed by atoms with Gasteiger partial charge in [0.1, 0.15) is 0 Å². The average molecular weight is 125 g/mol. The summed E-state index contributed by atoms with van der Waals surface area (Å²) < 4.78 is 0. The second-order valence-corrected chi connectivity index (χ2v) is 2.32. The van der Waals surface area contributed by atoms with Crippen LogP contribution in [0.25, 0.3) is 0 Å². The summed E-state index contributed by atoms with van der Waals surface area (Å²) in [5, 5.41) is 3.06. The predicted octanol–water partition coefficient (Wildman–Crippen LogP) is 2.28. The molecule has 0 aromatic carbocycles. The fourth-order valence-electron chi connectivity index (χ4n) is 0.357. The first kappa shape index (κ1) is 8.28. The number of hydrogen-bond acceptors (Lipinski definition) is 1. The Hall–Kier alpha value is -0.720. The Bertz CT molecular complexity index is 112. The van der Waals surface area contributed by atoms with Gasteiger partial charge in [0.05, 0.1) is 0 Å². The van der Waals surface area contributed by atoms with Crippen molar-refractivity contribution in [2.45, 2.75) is 20.8 Å². The monoisotopic (exact) mass is 125 g/mol. The molecule has 0 fully saturated rings. The maximum absolute atomic E-state index is 3.83. The van der Waals surface area contributed by atoms with Crippen LogP contribution in [0.1, 0.15) is 20.8 Å². The molecule has 0 aliphatic carbocycles. The van der Waals surface area contributed by atoms with E-state index in [4.69, 9.17) is 0 Å². The van der Waals surface area contributed by atoms with Crippen LogP contribution in [0.2, 0.25) is 0 Å². The van der Waals surface area contributed by atoms with Gasteiger partial charge >= 0.3 is 0 Å². The molecule has 0 aromatic rings. The molecule has 0 spiro atoms. The Kier molecular flexibility index (Phi) is 3.85. The zero-order valence-electron chi connectivity index (χ0n) is 6.44. The molecular weight excluding hydrogens is 110 g/mol. The lowest BCUT2D eigenvalue weighted by atomic mass is 10.2. The van der Waals surface area contributed by atoms with Crippen LogP contribution in [0.4, 0.5) is 0 Å². The maximum Gasteiger partial charge on any atom is 0.00990 e. The zero-order valence-corrected chi connectivity index (χ0v) is 6.44. The number of rotatable bonds is 3. The fourth-order valence-corrected chi connectivity index (χ4v) is 0.357. The van der Waals surface area contributed by atoms with Crippen LogP contribution in [-0.4, -0.2) is 0 Å². The third kappa shape index (κ3) is 3.83. The lowest BCUT2D eigenvalue weighted by Crippen LogP contribution is -2.08. The van der Waals surface area contributed by atoms with Gasteiger partial charge in [-0.25, -0.2) is 0 Å². The van der Waals surface area contributed by atoms with Gasteiger partial charge in [-0.15, -0.1) is 0 Å². The molecule has 0 unspecified atom stereocenters. The lowest BCUT2D eigenvalue weighted by molar-refractivity contribution is 0.718. The molecule has 0 radical (unpaired) electrons. The Balaban J connectivity index is 3.51. The smallest absolute Gasteiger partial charge is 0.00990 e. The Labute approximate surface area is 57.5 Å². The van der Waals surface area contributed by atoms with Gasteiger partial charge in [-0.2, -0.15) is 0 Å². The van der Waals surface area contributed by atoms with Gasteiger partial charge in [-0.05, 0) is 19.0 Å². The van der Waals surface area contributed by atoms with Gasteiger partial charge in [0.15, 0.2) is 0 Å². The van der Waals surface area contributed by atoms with E-state index < -0.39 is 0 Å². The van der Waals surface area contributed by atoms with Crippen LogP contribution in [0.15, 0.2) is 24.6 Å². The highest BCUT2D eigenvalue weighted by molar-refractivity contribution is 4.99. The summed E-state index contributed by atoms with van der Waals surface area (Å²) >= 11 is 0. The van der Waals surface area contributed by atoms with Crippen LogP contribution in [-0.2, 0) is 0 Å². The predicted molar refractivity (Wildman–Crippen MR) is 41.9 cm³/mol. The topological polar surface area (TPSA) is 12.0 Å². The molecule has 0 saturated carbocycles. The molecular formula is C8H15N. The first-order chi connectivity index (χ1) is 4.18. The van der Waals surface area contributed by atoms with Crippen molar-refractivity contribution in [3.63, 3.8) is 0 Å². The van der Waals surface area contributed by atoms with E-state index in [-0.39, 0.29) is 0 Å². The molecule has 0 rings (SSSR count). The van der Waals surface area contributed by atoms with Gasteiger partial charge in [0.25, 0.3) is 0 Å². The standard InChI is InChI=1S/C8H15N/c1-5-6-9-8(4)7(2)3/h5-7,9H,4H2,1-3H3/b6-5-. The maximum atomic E-state index is 3.83. The molecule has 1 nitrogen and oxygen atoms in total. The van der Waals surface area contributed by atoms with Gasteiger partial charge in [-0.3, -0.25) is 0 Å². The molecule has 0 aliphatic heterocycles. The fraction of sp³-hybridized carbons (Fsp3) is 0.500. The van der Waals surface area contributed by atoms with Crippen molar-refractivity contribution < 1.29 is 0 Å². The largest absolute Gasteiger partial charge is 0.366 e. The molecule has 0 aromatic heterocycles. The summed E-state index contributed by atoms with van der Waals surface area (Å²) in [4.78, 5) is 0. The van der Waals surface area contributed by atoms with E-state index in [1.807, 2.05) is 19.2 Å². The number of allylic oxidation sites excluding steroid dienone is 2. The van der Waals surface area contributed by atoms with Crippen molar-refractivity contribution >= 4 is 0 Å². The van der Waals surface area contributed by atoms with Crippen molar-refractivity contribution in [2.24, 2.45) is 5.92 Å². The van der Waals surface area contributed by atoms with E-state index in [9.17, 15) is 0 Å². The highest BCUT2D eigenvalue weighted by Crippen LogP contribution is 2.00. The van der Waals surface area contributed by atoms with E-state index in [1.54, 1.807) is 0 Å². The Morgan fingerprint density at radius 2 is 2.11 bits per heavy atom. The normalized spacial score (nSPS) is 10.7. The first-order valence-electron chi connectivity index (χ1n) is 3.25. The van der Waals surface area contributed by atoms with Crippen molar-refractivity contribution in [1.29, 1.82) is 0 Å². The second-order valence-electron chi connectivity index (χ2n) is 2.32. The van der Waals surface area contributed by atoms with Crippen molar-refractivity contribution in [3.8, 4) is 0 Å². The molecule has 1 N–H and O–H groups in total. The summed E-state index contributed by atoms with van der Waals surface area (Å²) in [6.07, 6.45) is 3.84. The van der Waals surface area contributed by atoms with Crippen molar-refractivity contribution in [3.05, 3.63) is 24.6 Å². The zero-order chi connectivity index (χ0) is 7.28. The summed E-state index contributed by atoms with van der Waals surface area (Å²) in [7, 11) is 0. The summed E-state index contributed by atoms with van der Waals surface area (Å²) in [6.45, 7) is 10.0. The van der Waals surface area contributed by atoms with Crippen molar-refractivity contribution in [1.82, 2.24) is 5.32 Å². The van der Waals surface area contributed by atoms with Crippen LogP contribution >= 0.6 is 0 Å². The Morgan fingerprint density at radius 3 is 2.44 bits per heavy atom. The number of nitrogens with one attached hydrogen (secondary N) is 1. The highest BCUT2D eigenvalue weighted by Gasteiger charge is 1.93. The quantitative estimate of drug-likeness (QED) is 0.610. The minimum atomic E-state index is 0.515. The molecule has 1 heteroatoms. The van der Waals surface area contributed by atoms with E-state index in [0.717, 1.165) is 5.70 Å². The lowest BCUT2D eigenvalue weighted by Gasteiger charge is -2.07. The van der Waals surface area contributed by atoms with Gasteiger partial charge in [0.2, 0.25) is 0 Å². The molecule has 0 aliphatic rings. The van der Waals surface area contributed by atoms with Gasteiger partial charge < -0.3 is 5.32 Å². The van der Waals surface area contributed by atoms with E-state index in [2.05, 4.69) is 25.7 Å². The average Bonchev–Trinajstić information content (AvgIpc) is 1.82. The summed E-state index contributed by atoms with van der Waals surface area (Å²) in [6, 6.07) is 0. The van der Waals surface area contributed by atoms with Crippen LogP contribution in [0.5, 0.6) is 0 Å². The molecule has 9 heavy (non-hydrogen) atoms. The molecule has 0 bridgehead atoms. The summed E-state index contributed by atoms with van der Waals surface area (Å²) in [5.41, 5.74) is 1.06. The highest BCUT2D eigenvalue weighted by atomic mass is 14.8. The van der Waals surface area contributed by atoms with Crippen LogP contribution in [0.3, 0.4) is 0 Å². The van der Waals surface area contributed by atoms with Crippen LogP contribution in [0, 0.1) is 5.92 Å². The second kappa shape index (κ2) is 4.19. The SMILES string of the molecule is C=C(N/C=C\C)C(C)C. The van der Waals surface area contributed by atoms with E-state index >= 15 is 0 Å². The molecule has 0 amide bonds. The van der Waals surface area contributed by atoms with Crippen molar-refractivity contribution in [2.75, 3.05) is 0 Å². The van der Waals surface area contributed by atoms with Gasteiger partial charge in [0, 0.05) is 5.70 Å². The molecule has 0 saturated heterocycles. The van der Waals surface area contributed by atoms with Gasteiger partial charge in [-0.1, -0.05) is 26.5 Å². The van der Waals surface area contributed by atoms with E-state index in [0.29, 0.717) is 5.92 Å². The molecule has 0 heterocycles. The molecule has 0 atom stereocenters.